The Bertz CT molecular complexity index is 583. The van der Waals surface area contributed by atoms with Crippen molar-refractivity contribution in [3.05, 3.63) is 0 Å². The SMILES string of the molecule is CC1(C(=O)N2CCOC3(C2)CN(S(C)(=O)=O)CCO3)CCCCC1. The molecule has 1 amide bonds. The van der Waals surface area contributed by atoms with Crippen LogP contribution in [0.15, 0.2) is 0 Å². The second-order valence-electron chi connectivity index (χ2n) is 7.55. The Kier molecular flexibility index (Phi) is 4.94. The Morgan fingerprint density at radius 1 is 1.00 bits per heavy atom. The van der Waals surface area contributed by atoms with Crippen molar-refractivity contribution in [1.29, 1.82) is 0 Å². The van der Waals surface area contributed by atoms with E-state index in [1.807, 2.05) is 4.90 Å². The highest BCUT2D eigenvalue weighted by Crippen LogP contribution is 2.38. The zero-order chi connectivity index (χ0) is 17.4. The van der Waals surface area contributed by atoms with Crippen molar-refractivity contribution >= 4 is 15.9 Å². The molecule has 1 unspecified atom stereocenters. The molecule has 0 aromatic rings. The summed E-state index contributed by atoms with van der Waals surface area (Å²) in [4.78, 5) is 14.9. The molecular formula is C16H28N2O5S. The Balaban J connectivity index is 1.73. The first-order valence-corrected chi connectivity index (χ1v) is 10.6. The van der Waals surface area contributed by atoms with Crippen LogP contribution in [-0.4, -0.2) is 75.0 Å². The van der Waals surface area contributed by atoms with E-state index in [-0.39, 0.29) is 24.5 Å². The number of amides is 1. The molecule has 2 aliphatic heterocycles. The molecule has 7 nitrogen and oxygen atoms in total. The minimum atomic E-state index is -3.30. The van der Waals surface area contributed by atoms with E-state index < -0.39 is 15.8 Å². The number of ether oxygens (including phenoxy) is 2. The van der Waals surface area contributed by atoms with Crippen LogP contribution in [0.1, 0.15) is 39.0 Å². The van der Waals surface area contributed by atoms with Gasteiger partial charge in [-0.05, 0) is 12.8 Å². The first-order valence-electron chi connectivity index (χ1n) is 8.77. The van der Waals surface area contributed by atoms with E-state index in [1.165, 1.54) is 17.0 Å². The molecule has 1 spiro atoms. The van der Waals surface area contributed by atoms with Gasteiger partial charge in [-0.3, -0.25) is 4.79 Å². The molecular weight excluding hydrogens is 332 g/mol. The van der Waals surface area contributed by atoms with E-state index in [2.05, 4.69) is 6.92 Å². The number of rotatable bonds is 2. The van der Waals surface area contributed by atoms with Gasteiger partial charge in [0.05, 0.1) is 32.6 Å². The van der Waals surface area contributed by atoms with Gasteiger partial charge in [0.1, 0.15) is 0 Å². The zero-order valence-corrected chi connectivity index (χ0v) is 15.4. The molecule has 1 saturated carbocycles. The fourth-order valence-electron chi connectivity index (χ4n) is 4.05. The smallest absolute Gasteiger partial charge is 0.228 e. The maximum atomic E-state index is 13.1. The van der Waals surface area contributed by atoms with Crippen LogP contribution in [0, 0.1) is 5.41 Å². The summed E-state index contributed by atoms with van der Waals surface area (Å²) in [5.41, 5.74) is -0.304. The quantitative estimate of drug-likeness (QED) is 0.728. The van der Waals surface area contributed by atoms with Crippen LogP contribution in [0.3, 0.4) is 0 Å². The van der Waals surface area contributed by atoms with Gasteiger partial charge in [0, 0.05) is 18.5 Å². The normalized spacial score (nSPS) is 32.0. The molecule has 0 aromatic heterocycles. The summed E-state index contributed by atoms with van der Waals surface area (Å²) in [7, 11) is -3.30. The van der Waals surface area contributed by atoms with Gasteiger partial charge in [-0.2, -0.15) is 4.31 Å². The number of hydrogen-bond donors (Lipinski definition) is 0. The Morgan fingerprint density at radius 3 is 2.25 bits per heavy atom. The summed E-state index contributed by atoms with van der Waals surface area (Å²) in [6.07, 6.45) is 6.42. The summed E-state index contributed by atoms with van der Waals surface area (Å²) >= 11 is 0. The van der Waals surface area contributed by atoms with Crippen molar-refractivity contribution in [2.75, 3.05) is 45.6 Å². The third kappa shape index (κ3) is 3.61. The van der Waals surface area contributed by atoms with E-state index in [1.54, 1.807) is 0 Å². The third-order valence-corrected chi connectivity index (χ3v) is 6.76. The number of nitrogens with zero attached hydrogens (tertiary/aromatic N) is 2. The molecule has 0 aromatic carbocycles. The number of carbonyl (C=O) groups excluding carboxylic acids is 1. The van der Waals surface area contributed by atoms with Crippen molar-refractivity contribution < 1.29 is 22.7 Å². The molecule has 2 saturated heterocycles. The molecule has 8 heteroatoms. The summed E-state index contributed by atoms with van der Waals surface area (Å²) in [6, 6.07) is 0. The van der Waals surface area contributed by atoms with Crippen molar-refractivity contribution in [2.24, 2.45) is 5.41 Å². The van der Waals surface area contributed by atoms with Crippen molar-refractivity contribution in [3.63, 3.8) is 0 Å². The summed E-state index contributed by atoms with van der Waals surface area (Å²) in [5, 5.41) is 0. The number of hydrogen-bond acceptors (Lipinski definition) is 5. The minimum Gasteiger partial charge on any atom is -0.346 e. The molecule has 24 heavy (non-hydrogen) atoms. The van der Waals surface area contributed by atoms with Crippen LogP contribution in [0.4, 0.5) is 0 Å². The monoisotopic (exact) mass is 360 g/mol. The van der Waals surface area contributed by atoms with Crippen LogP contribution >= 0.6 is 0 Å². The lowest BCUT2D eigenvalue weighted by atomic mass is 9.74. The topological polar surface area (TPSA) is 76.2 Å². The Labute approximate surface area is 144 Å². The van der Waals surface area contributed by atoms with Gasteiger partial charge in [0.25, 0.3) is 0 Å². The fourth-order valence-corrected chi connectivity index (χ4v) is 4.89. The second-order valence-corrected chi connectivity index (χ2v) is 9.53. The van der Waals surface area contributed by atoms with Gasteiger partial charge < -0.3 is 14.4 Å². The summed E-state index contributed by atoms with van der Waals surface area (Å²) in [6.45, 7) is 4.03. The molecule has 138 valence electrons. The Morgan fingerprint density at radius 2 is 1.62 bits per heavy atom. The van der Waals surface area contributed by atoms with Crippen LogP contribution in [0.25, 0.3) is 0 Å². The maximum absolute atomic E-state index is 13.1. The van der Waals surface area contributed by atoms with Gasteiger partial charge in [-0.1, -0.05) is 26.2 Å². The predicted molar refractivity (Wildman–Crippen MR) is 88.8 cm³/mol. The van der Waals surface area contributed by atoms with E-state index in [4.69, 9.17) is 9.47 Å². The number of carbonyl (C=O) groups is 1. The zero-order valence-electron chi connectivity index (χ0n) is 14.6. The van der Waals surface area contributed by atoms with Gasteiger partial charge in [-0.15, -0.1) is 0 Å². The fraction of sp³-hybridized carbons (Fsp3) is 0.938. The number of sulfonamides is 1. The molecule has 3 fully saturated rings. The lowest BCUT2D eigenvalue weighted by Gasteiger charge is -2.48. The molecule has 2 heterocycles. The first kappa shape index (κ1) is 18.1. The minimum absolute atomic E-state index is 0.145. The second kappa shape index (κ2) is 6.55. The lowest BCUT2D eigenvalue weighted by molar-refractivity contribution is -0.282. The molecule has 1 aliphatic carbocycles. The first-order chi connectivity index (χ1) is 11.2. The molecule has 3 rings (SSSR count). The van der Waals surface area contributed by atoms with E-state index in [0.29, 0.717) is 26.2 Å². The van der Waals surface area contributed by atoms with Gasteiger partial charge in [0.2, 0.25) is 15.9 Å². The highest BCUT2D eigenvalue weighted by atomic mass is 32.2. The Hall–Kier alpha value is -0.700. The van der Waals surface area contributed by atoms with Crippen molar-refractivity contribution in [2.45, 2.75) is 44.8 Å². The number of morpholine rings is 2. The molecule has 0 bridgehead atoms. The highest BCUT2D eigenvalue weighted by molar-refractivity contribution is 7.88. The standard InChI is InChI=1S/C16H28N2O5S/c1-15(6-4-3-5-7-15)14(19)17-8-10-22-16(12-17)13-18(9-11-23-16)24(2,20)21/h3-13H2,1-2H3. The largest absolute Gasteiger partial charge is 0.346 e. The average molecular weight is 360 g/mol. The van der Waals surface area contributed by atoms with Crippen molar-refractivity contribution in [1.82, 2.24) is 9.21 Å². The molecule has 1 atom stereocenters. The predicted octanol–water partition coefficient (Wildman–Crippen LogP) is 0.804. The maximum Gasteiger partial charge on any atom is 0.228 e. The average Bonchev–Trinajstić information content (AvgIpc) is 2.54. The van der Waals surface area contributed by atoms with Gasteiger partial charge in [-0.25, -0.2) is 8.42 Å². The summed E-state index contributed by atoms with van der Waals surface area (Å²) < 4.78 is 36.7. The van der Waals surface area contributed by atoms with E-state index >= 15 is 0 Å². The van der Waals surface area contributed by atoms with Gasteiger partial charge >= 0.3 is 0 Å². The molecule has 0 N–H and O–H groups in total. The van der Waals surface area contributed by atoms with Crippen LogP contribution < -0.4 is 0 Å². The third-order valence-electron chi connectivity index (χ3n) is 5.51. The van der Waals surface area contributed by atoms with E-state index in [0.717, 1.165) is 25.7 Å². The van der Waals surface area contributed by atoms with E-state index in [9.17, 15) is 13.2 Å². The van der Waals surface area contributed by atoms with Crippen LogP contribution in [0.5, 0.6) is 0 Å². The molecule has 3 aliphatic rings. The lowest BCUT2D eigenvalue weighted by Crippen LogP contribution is -2.64. The van der Waals surface area contributed by atoms with Crippen LogP contribution in [-0.2, 0) is 24.3 Å². The van der Waals surface area contributed by atoms with Crippen LogP contribution in [0.2, 0.25) is 0 Å². The van der Waals surface area contributed by atoms with Crippen molar-refractivity contribution in [3.8, 4) is 0 Å². The summed E-state index contributed by atoms with van der Waals surface area (Å²) in [5.74, 6) is -0.870. The highest BCUT2D eigenvalue weighted by Gasteiger charge is 2.47. The molecule has 0 radical (unpaired) electrons. The van der Waals surface area contributed by atoms with Gasteiger partial charge in [0.15, 0.2) is 5.79 Å².